The molecule has 1 saturated heterocycles. The Bertz CT molecular complexity index is 473. The van der Waals surface area contributed by atoms with Crippen LogP contribution in [0, 0.1) is 0 Å². The van der Waals surface area contributed by atoms with Crippen molar-refractivity contribution in [3.63, 3.8) is 0 Å². The summed E-state index contributed by atoms with van der Waals surface area (Å²) >= 11 is 0. The van der Waals surface area contributed by atoms with E-state index in [1.54, 1.807) is 0 Å². The standard InChI is InChI=1S/C13H17N3O2/c1-9(8-14)10-4-2-3-5-11(10)16-7-6-15-12(17)13(16)18/h2-5,9H,6-8,14H2,1H3,(H,15,17). The number of nitrogens with two attached hydrogens (primary N) is 1. The average molecular weight is 247 g/mol. The predicted molar refractivity (Wildman–Crippen MR) is 69.3 cm³/mol. The Morgan fingerprint density at radius 2 is 2.11 bits per heavy atom. The number of piperazine rings is 1. The van der Waals surface area contributed by atoms with Gasteiger partial charge in [0.15, 0.2) is 0 Å². The van der Waals surface area contributed by atoms with Gasteiger partial charge in [0.05, 0.1) is 0 Å². The van der Waals surface area contributed by atoms with Crippen molar-refractivity contribution in [1.82, 2.24) is 5.32 Å². The van der Waals surface area contributed by atoms with E-state index in [9.17, 15) is 9.59 Å². The Hall–Kier alpha value is -1.88. The molecule has 1 unspecified atom stereocenters. The van der Waals surface area contributed by atoms with Gasteiger partial charge in [0, 0.05) is 18.8 Å². The van der Waals surface area contributed by atoms with Crippen LogP contribution in [0.15, 0.2) is 24.3 Å². The first-order valence-electron chi connectivity index (χ1n) is 6.04. The van der Waals surface area contributed by atoms with Crippen LogP contribution in [-0.2, 0) is 9.59 Å². The van der Waals surface area contributed by atoms with Crippen molar-refractivity contribution in [2.45, 2.75) is 12.8 Å². The molecule has 0 saturated carbocycles. The van der Waals surface area contributed by atoms with Gasteiger partial charge in [-0.3, -0.25) is 9.59 Å². The average Bonchev–Trinajstić information content (AvgIpc) is 2.41. The summed E-state index contributed by atoms with van der Waals surface area (Å²) in [6, 6.07) is 7.59. The van der Waals surface area contributed by atoms with Crippen molar-refractivity contribution in [2.75, 3.05) is 24.5 Å². The summed E-state index contributed by atoms with van der Waals surface area (Å²) in [7, 11) is 0. The second kappa shape index (κ2) is 5.18. The van der Waals surface area contributed by atoms with Crippen LogP contribution in [0.1, 0.15) is 18.4 Å². The number of para-hydroxylation sites is 1. The van der Waals surface area contributed by atoms with Crippen molar-refractivity contribution in [2.24, 2.45) is 5.73 Å². The molecule has 18 heavy (non-hydrogen) atoms. The zero-order valence-corrected chi connectivity index (χ0v) is 10.3. The van der Waals surface area contributed by atoms with Crippen LogP contribution in [0.5, 0.6) is 0 Å². The second-order valence-corrected chi connectivity index (χ2v) is 4.41. The van der Waals surface area contributed by atoms with Gasteiger partial charge in [-0.25, -0.2) is 0 Å². The number of hydrogen-bond acceptors (Lipinski definition) is 3. The third-order valence-corrected chi connectivity index (χ3v) is 3.17. The van der Waals surface area contributed by atoms with Gasteiger partial charge in [0.1, 0.15) is 0 Å². The van der Waals surface area contributed by atoms with Crippen LogP contribution in [0.2, 0.25) is 0 Å². The second-order valence-electron chi connectivity index (χ2n) is 4.41. The zero-order chi connectivity index (χ0) is 13.1. The molecule has 1 heterocycles. The van der Waals surface area contributed by atoms with Crippen molar-refractivity contribution >= 4 is 17.5 Å². The largest absolute Gasteiger partial charge is 0.346 e. The molecule has 5 nitrogen and oxygen atoms in total. The highest BCUT2D eigenvalue weighted by Gasteiger charge is 2.29. The van der Waals surface area contributed by atoms with Gasteiger partial charge in [0.2, 0.25) is 0 Å². The SMILES string of the molecule is CC(CN)c1ccccc1N1CCNC(=O)C1=O. The molecule has 0 aliphatic carbocycles. The molecule has 1 aliphatic heterocycles. The number of carbonyl (C=O) groups is 2. The van der Waals surface area contributed by atoms with Gasteiger partial charge >= 0.3 is 11.8 Å². The number of benzene rings is 1. The molecule has 1 aliphatic rings. The summed E-state index contributed by atoms with van der Waals surface area (Å²) in [5, 5.41) is 2.54. The first kappa shape index (κ1) is 12.6. The third-order valence-electron chi connectivity index (χ3n) is 3.17. The Labute approximate surface area is 106 Å². The number of carbonyl (C=O) groups excluding carboxylic acids is 2. The van der Waals surface area contributed by atoms with Crippen LogP contribution in [-0.4, -0.2) is 31.4 Å². The summed E-state index contributed by atoms with van der Waals surface area (Å²) in [5.41, 5.74) is 7.47. The highest BCUT2D eigenvalue weighted by atomic mass is 16.2. The smallest absolute Gasteiger partial charge is 0.316 e. The Morgan fingerprint density at radius 3 is 2.83 bits per heavy atom. The van der Waals surface area contributed by atoms with Crippen LogP contribution in [0.25, 0.3) is 0 Å². The summed E-state index contributed by atoms with van der Waals surface area (Å²) in [5.74, 6) is -0.895. The number of amides is 2. The fourth-order valence-corrected chi connectivity index (χ4v) is 2.09. The molecule has 3 N–H and O–H groups in total. The van der Waals surface area contributed by atoms with E-state index in [2.05, 4.69) is 5.32 Å². The number of rotatable bonds is 3. The lowest BCUT2D eigenvalue weighted by atomic mass is 9.98. The van der Waals surface area contributed by atoms with E-state index < -0.39 is 11.8 Å². The Kier molecular flexibility index (Phi) is 3.62. The van der Waals surface area contributed by atoms with Crippen LogP contribution >= 0.6 is 0 Å². The lowest BCUT2D eigenvalue weighted by molar-refractivity contribution is -0.138. The fourth-order valence-electron chi connectivity index (χ4n) is 2.09. The zero-order valence-electron chi connectivity index (χ0n) is 10.3. The van der Waals surface area contributed by atoms with Gasteiger partial charge in [-0.1, -0.05) is 25.1 Å². The van der Waals surface area contributed by atoms with E-state index in [0.29, 0.717) is 19.6 Å². The molecule has 96 valence electrons. The van der Waals surface area contributed by atoms with Gasteiger partial charge in [-0.15, -0.1) is 0 Å². The summed E-state index contributed by atoms with van der Waals surface area (Å²) in [4.78, 5) is 24.8. The maximum Gasteiger partial charge on any atom is 0.316 e. The highest BCUT2D eigenvalue weighted by molar-refractivity contribution is 6.41. The summed E-state index contributed by atoms with van der Waals surface area (Å²) < 4.78 is 0. The van der Waals surface area contributed by atoms with E-state index in [4.69, 9.17) is 5.73 Å². The Morgan fingerprint density at radius 1 is 1.39 bits per heavy atom. The van der Waals surface area contributed by atoms with Crippen LogP contribution in [0.3, 0.4) is 0 Å². The van der Waals surface area contributed by atoms with Crippen molar-refractivity contribution < 1.29 is 9.59 Å². The quantitative estimate of drug-likeness (QED) is 0.750. The van der Waals surface area contributed by atoms with Crippen LogP contribution in [0.4, 0.5) is 5.69 Å². The number of anilines is 1. The minimum absolute atomic E-state index is 0.152. The molecule has 1 aromatic rings. The molecule has 0 radical (unpaired) electrons. The number of nitrogens with one attached hydrogen (secondary N) is 1. The molecule has 1 atom stereocenters. The summed E-state index contributed by atoms with van der Waals surface area (Å²) in [6.07, 6.45) is 0. The summed E-state index contributed by atoms with van der Waals surface area (Å²) in [6.45, 7) is 3.49. The highest BCUT2D eigenvalue weighted by Crippen LogP contribution is 2.27. The van der Waals surface area contributed by atoms with E-state index in [-0.39, 0.29) is 5.92 Å². The molecule has 2 rings (SSSR count). The molecule has 0 aromatic heterocycles. The first-order valence-corrected chi connectivity index (χ1v) is 6.04. The van der Waals surface area contributed by atoms with E-state index in [1.807, 2.05) is 31.2 Å². The molecule has 2 amide bonds. The molecule has 0 bridgehead atoms. The van der Waals surface area contributed by atoms with Crippen molar-refractivity contribution in [3.8, 4) is 0 Å². The molecule has 1 aromatic carbocycles. The van der Waals surface area contributed by atoms with Crippen molar-refractivity contribution in [1.29, 1.82) is 0 Å². The van der Waals surface area contributed by atoms with Gasteiger partial charge < -0.3 is 16.0 Å². The molecular weight excluding hydrogens is 230 g/mol. The predicted octanol–water partition coefficient (Wildman–Crippen LogP) is 0.212. The maximum absolute atomic E-state index is 11.9. The molecule has 0 spiro atoms. The van der Waals surface area contributed by atoms with E-state index >= 15 is 0 Å². The lowest BCUT2D eigenvalue weighted by Gasteiger charge is -2.29. The minimum Gasteiger partial charge on any atom is -0.346 e. The maximum atomic E-state index is 11.9. The number of hydrogen-bond donors (Lipinski definition) is 2. The fraction of sp³-hybridized carbons (Fsp3) is 0.385. The Balaban J connectivity index is 2.38. The normalized spacial score (nSPS) is 17.6. The van der Waals surface area contributed by atoms with Gasteiger partial charge in [-0.05, 0) is 24.1 Å². The minimum atomic E-state index is -0.545. The molecule has 1 fully saturated rings. The van der Waals surface area contributed by atoms with Crippen molar-refractivity contribution in [3.05, 3.63) is 29.8 Å². The monoisotopic (exact) mass is 247 g/mol. The van der Waals surface area contributed by atoms with Gasteiger partial charge in [-0.2, -0.15) is 0 Å². The topological polar surface area (TPSA) is 75.4 Å². The molecular formula is C13H17N3O2. The van der Waals surface area contributed by atoms with Gasteiger partial charge in [0.25, 0.3) is 0 Å². The van der Waals surface area contributed by atoms with E-state index in [0.717, 1.165) is 11.3 Å². The third kappa shape index (κ3) is 2.22. The van der Waals surface area contributed by atoms with Crippen LogP contribution < -0.4 is 16.0 Å². The lowest BCUT2D eigenvalue weighted by Crippen LogP contribution is -2.52. The number of nitrogens with zero attached hydrogens (tertiary/aromatic N) is 1. The van der Waals surface area contributed by atoms with E-state index in [1.165, 1.54) is 4.90 Å². The first-order chi connectivity index (χ1) is 8.65. The molecule has 5 heteroatoms.